The molecule has 1 fully saturated rings. The number of benzene rings is 5. The lowest BCUT2D eigenvalue weighted by molar-refractivity contribution is -0.153. The average Bonchev–Trinajstić information content (AvgIpc) is 3.25. The Hall–Kier alpha value is -6.99. The van der Waals surface area contributed by atoms with Crippen molar-refractivity contribution < 1.29 is 42.0 Å². The lowest BCUT2D eigenvalue weighted by atomic mass is 9.91. The average molecular weight is 825 g/mol. The quantitative estimate of drug-likeness (QED) is 0.0779. The first-order valence-corrected chi connectivity index (χ1v) is 20.5. The topological polar surface area (TPSA) is 151 Å². The van der Waals surface area contributed by atoms with E-state index in [9.17, 15) is 23.4 Å². The van der Waals surface area contributed by atoms with Gasteiger partial charge in [-0.3, -0.25) is 23.5 Å². The van der Waals surface area contributed by atoms with Crippen LogP contribution in [0.15, 0.2) is 142 Å². The van der Waals surface area contributed by atoms with Gasteiger partial charge in [0, 0.05) is 28.6 Å². The maximum absolute atomic E-state index is 13.8. The van der Waals surface area contributed by atoms with Crippen molar-refractivity contribution in [2.75, 3.05) is 26.6 Å². The highest BCUT2D eigenvalue weighted by atomic mass is 32.2. The van der Waals surface area contributed by atoms with E-state index < -0.39 is 40.0 Å². The molecule has 0 bridgehead atoms. The highest BCUT2D eigenvalue weighted by Gasteiger charge is 2.57. The van der Waals surface area contributed by atoms with Crippen LogP contribution in [0.3, 0.4) is 0 Å². The minimum atomic E-state index is -1.67. The first-order chi connectivity index (χ1) is 29.1. The molecular formula is C47H40N2O10S. The minimum Gasteiger partial charge on any atom is -0.497 e. The van der Waals surface area contributed by atoms with Crippen molar-refractivity contribution in [3.63, 3.8) is 0 Å². The Bertz CT molecular complexity index is 2740. The molecule has 60 heavy (non-hydrogen) atoms. The number of hydrogen-bond donors (Lipinski definition) is 1. The molecule has 0 saturated carbocycles. The van der Waals surface area contributed by atoms with E-state index in [1.54, 1.807) is 74.9 Å². The molecule has 4 aliphatic rings. The number of carbonyl (C=O) groups is 3. The number of β-lactam (4-membered cyclic amide) rings is 1. The van der Waals surface area contributed by atoms with Crippen LogP contribution in [0.1, 0.15) is 16.7 Å². The first-order valence-electron chi connectivity index (χ1n) is 19.1. The maximum Gasteiger partial charge on any atom is 0.355 e. The second-order valence-corrected chi connectivity index (χ2v) is 15.8. The molecule has 1 N–H and O–H groups in total. The summed E-state index contributed by atoms with van der Waals surface area (Å²) < 4.78 is 42.4. The van der Waals surface area contributed by atoms with Gasteiger partial charge in [-0.25, -0.2) is 4.79 Å². The molecule has 0 spiro atoms. The van der Waals surface area contributed by atoms with Crippen molar-refractivity contribution in [1.29, 1.82) is 0 Å². The summed E-state index contributed by atoms with van der Waals surface area (Å²) in [4.78, 5) is 54.0. The number of methoxy groups -OCH3 is 2. The molecule has 13 heteroatoms. The third-order valence-corrected chi connectivity index (χ3v) is 12.1. The monoisotopic (exact) mass is 824 g/mol. The third-order valence-electron chi connectivity index (χ3n) is 10.4. The molecule has 12 nitrogen and oxygen atoms in total. The number of ether oxygens (including phenoxy) is 4. The van der Waals surface area contributed by atoms with Crippen LogP contribution in [0.25, 0.3) is 33.4 Å². The van der Waals surface area contributed by atoms with E-state index in [1.807, 2.05) is 55.5 Å². The molecule has 1 aliphatic carbocycles. The molecule has 0 radical (unpaired) electrons. The van der Waals surface area contributed by atoms with E-state index in [-0.39, 0.29) is 36.5 Å². The molecule has 304 valence electrons. The van der Waals surface area contributed by atoms with Crippen LogP contribution in [-0.2, 0) is 42.9 Å². The molecule has 1 saturated heterocycles. The summed E-state index contributed by atoms with van der Waals surface area (Å²) in [6.45, 7) is 1.95. The van der Waals surface area contributed by atoms with Gasteiger partial charge in [0.25, 0.3) is 5.91 Å². The smallest absolute Gasteiger partial charge is 0.355 e. The van der Waals surface area contributed by atoms with Gasteiger partial charge in [0.15, 0.2) is 5.43 Å². The van der Waals surface area contributed by atoms with Gasteiger partial charge in [0.05, 0.1) is 37.2 Å². The van der Waals surface area contributed by atoms with E-state index in [0.29, 0.717) is 34.0 Å². The van der Waals surface area contributed by atoms with Crippen molar-refractivity contribution in [3.05, 3.63) is 160 Å². The predicted molar refractivity (Wildman–Crippen MR) is 226 cm³/mol. The Morgan fingerprint density at radius 1 is 0.850 bits per heavy atom. The summed E-state index contributed by atoms with van der Waals surface area (Å²) in [6.07, 6.45) is 3.30. The van der Waals surface area contributed by atoms with Crippen LogP contribution < -0.4 is 25.0 Å². The zero-order chi connectivity index (χ0) is 41.9. The lowest BCUT2D eigenvalue weighted by Gasteiger charge is -2.49. The van der Waals surface area contributed by atoms with E-state index >= 15 is 0 Å². The van der Waals surface area contributed by atoms with Gasteiger partial charge in [0.1, 0.15) is 58.9 Å². The zero-order valence-electron chi connectivity index (χ0n) is 33.0. The van der Waals surface area contributed by atoms with Crippen molar-refractivity contribution in [3.8, 4) is 39.7 Å². The van der Waals surface area contributed by atoms with Crippen molar-refractivity contribution >= 4 is 39.6 Å². The fourth-order valence-electron chi connectivity index (χ4n) is 7.48. The van der Waals surface area contributed by atoms with Crippen molar-refractivity contribution in [1.82, 2.24) is 10.2 Å². The summed E-state index contributed by atoms with van der Waals surface area (Å²) in [5.74, 6) is 0.466. The van der Waals surface area contributed by atoms with Gasteiger partial charge >= 0.3 is 5.97 Å². The largest absolute Gasteiger partial charge is 0.497 e. The van der Waals surface area contributed by atoms with Crippen LogP contribution in [0.4, 0.5) is 0 Å². The van der Waals surface area contributed by atoms with E-state index in [4.69, 9.17) is 23.4 Å². The molecule has 2 amide bonds. The number of fused-ring (bicyclic) bond motifs is 3. The fraction of sp³-hybridized carbons (Fsp3) is 0.191. The second kappa shape index (κ2) is 17.1. The van der Waals surface area contributed by atoms with Crippen LogP contribution in [0.2, 0.25) is 0 Å². The molecule has 3 atom stereocenters. The summed E-state index contributed by atoms with van der Waals surface area (Å²) in [5, 5.41) is 2.59. The summed E-state index contributed by atoms with van der Waals surface area (Å²) in [7, 11) is 1.50. The van der Waals surface area contributed by atoms with Crippen LogP contribution in [0, 0.1) is 6.92 Å². The standard InChI is InChI=1S/C47H40N2O10S/c1-28-22-34(56-3)16-19-36(28)42-37-18-13-32(50)24-39(37)59-40-25-35(17-20-38(40)42)57-21-7-10-31-27-60(54)46-43(48-41(51)23-29-8-5-4-6-9-29)45(52)49(46)44(31)47(53)58-26-30-11-14-33(55-2)15-12-30/h4-20,22,24-25,43,46H,21,23,26-27H2,1-3H3,(H,48,51). The predicted octanol–water partition coefficient (Wildman–Crippen LogP) is 6.48. The number of esters is 1. The number of aryl methyl sites for hydroxylation is 1. The first kappa shape index (κ1) is 39.8. The lowest BCUT2D eigenvalue weighted by Crippen LogP contribution is -2.73. The molecule has 8 rings (SSSR count). The van der Waals surface area contributed by atoms with Crippen LogP contribution in [-0.4, -0.2) is 64.9 Å². The summed E-state index contributed by atoms with van der Waals surface area (Å²) in [6, 6.07) is 31.0. The molecule has 4 aromatic carbocycles. The van der Waals surface area contributed by atoms with Crippen molar-refractivity contribution in [2.45, 2.75) is 31.4 Å². The van der Waals surface area contributed by atoms with Crippen LogP contribution >= 0.6 is 0 Å². The number of hydrogen-bond acceptors (Lipinski definition) is 10. The Morgan fingerprint density at radius 3 is 2.33 bits per heavy atom. The Labute approximate surface area is 347 Å². The maximum atomic E-state index is 13.8. The van der Waals surface area contributed by atoms with Gasteiger partial charge in [0.2, 0.25) is 5.91 Å². The zero-order valence-corrected chi connectivity index (χ0v) is 33.8. The highest BCUT2D eigenvalue weighted by Crippen LogP contribution is 2.42. The Balaban J connectivity index is 1.05. The number of amides is 2. The number of nitrogens with zero attached hydrogens (tertiary/aromatic N) is 1. The molecule has 3 unspecified atom stereocenters. The normalized spacial score (nSPS) is 17.4. The second-order valence-electron chi connectivity index (χ2n) is 14.3. The number of carbonyl (C=O) groups excluding carboxylic acids is 3. The Kier molecular flexibility index (Phi) is 11.3. The fourth-order valence-corrected chi connectivity index (χ4v) is 9.12. The van der Waals surface area contributed by atoms with Crippen LogP contribution in [0.5, 0.6) is 17.2 Å². The molecule has 3 heterocycles. The number of nitrogens with one attached hydrogen (secondary N) is 1. The SMILES string of the molecule is COc1ccc(COC(=O)C2=C(C=CCOc3ccc4c(-c5ccc(OC)cc5C)c5ccc(=O)cc-5oc4c3)CS(=O)C3C(NC(=O)Cc4ccccc4)C(=O)N23)cc1. The number of allylic oxidation sites excluding steroid dienone is 1. The number of rotatable bonds is 13. The van der Waals surface area contributed by atoms with Gasteiger partial charge in [-0.1, -0.05) is 54.6 Å². The summed E-state index contributed by atoms with van der Waals surface area (Å²) in [5.41, 5.74) is 5.68. The highest BCUT2D eigenvalue weighted by molar-refractivity contribution is 7.86. The van der Waals surface area contributed by atoms with E-state index in [0.717, 1.165) is 39.0 Å². The van der Waals surface area contributed by atoms with Gasteiger partial charge in [-0.2, -0.15) is 0 Å². The molecule has 0 aromatic heterocycles. The molecule has 3 aliphatic heterocycles. The third kappa shape index (κ3) is 8.03. The van der Waals surface area contributed by atoms with E-state index in [1.165, 1.54) is 17.0 Å². The summed E-state index contributed by atoms with van der Waals surface area (Å²) >= 11 is 0. The van der Waals surface area contributed by atoms with Gasteiger partial charge < -0.3 is 28.7 Å². The molecule has 4 aromatic rings. The van der Waals surface area contributed by atoms with Crippen molar-refractivity contribution in [2.24, 2.45) is 0 Å². The Morgan fingerprint density at radius 2 is 1.58 bits per heavy atom. The van der Waals surface area contributed by atoms with E-state index in [2.05, 4.69) is 5.32 Å². The molecular weight excluding hydrogens is 785 g/mol. The minimum absolute atomic E-state index is 0.0358. The van der Waals surface area contributed by atoms with Gasteiger partial charge in [-0.15, -0.1) is 0 Å². The van der Waals surface area contributed by atoms with Gasteiger partial charge in [-0.05, 0) is 89.4 Å².